The summed E-state index contributed by atoms with van der Waals surface area (Å²) >= 11 is 0. The Balaban J connectivity index is 1.61. The van der Waals surface area contributed by atoms with Gasteiger partial charge in [0.05, 0.1) is 0 Å². The molecule has 2 aromatic carbocycles. The van der Waals surface area contributed by atoms with Gasteiger partial charge in [0.25, 0.3) is 11.8 Å². The SMILES string of the molecule is Cc1cc(C)cc(C(=O)Nc2cccc(OCC(=O)N3CCCC3)c2)c1. The number of nitrogens with one attached hydrogen (secondary N) is 1. The highest BCUT2D eigenvalue weighted by atomic mass is 16.5. The minimum Gasteiger partial charge on any atom is -0.484 e. The third kappa shape index (κ3) is 4.63. The monoisotopic (exact) mass is 352 g/mol. The Morgan fingerprint density at radius 2 is 1.73 bits per heavy atom. The van der Waals surface area contributed by atoms with Gasteiger partial charge in [-0.2, -0.15) is 0 Å². The predicted octanol–water partition coefficient (Wildman–Crippen LogP) is 3.56. The summed E-state index contributed by atoms with van der Waals surface area (Å²) in [5.74, 6) is 0.407. The molecule has 0 unspecified atom stereocenters. The van der Waals surface area contributed by atoms with E-state index < -0.39 is 0 Å². The standard InChI is InChI=1S/C21H24N2O3/c1-15-10-16(2)12-17(11-15)21(25)22-18-6-5-7-19(13-18)26-14-20(24)23-8-3-4-9-23/h5-7,10-13H,3-4,8-9,14H2,1-2H3,(H,22,25). The fourth-order valence-corrected chi connectivity index (χ4v) is 3.18. The molecule has 0 atom stereocenters. The van der Waals surface area contributed by atoms with Crippen LogP contribution in [-0.2, 0) is 4.79 Å². The van der Waals surface area contributed by atoms with Crippen molar-refractivity contribution in [2.45, 2.75) is 26.7 Å². The van der Waals surface area contributed by atoms with Crippen LogP contribution in [0.4, 0.5) is 5.69 Å². The van der Waals surface area contributed by atoms with Gasteiger partial charge in [0.15, 0.2) is 6.61 Å². The Kier molecular flexibility index (Phi) is 5.56. The van der Waals surface area contributed by atoms with Crippen LogP contribution in [0.1, 0.15) is 34.3 Å². The fraction of sp³-hybridized carbons (Fsp3) is 0.333. The highest BCUT2D eigenvalue weighted by Crippen LogP contribution is 2.19. The van der Waals surface area contributed by atoms with E-state index in [0.717, 1.165) is 37.1 Å². The normalized spacial score (nSPS) is 13.5. The molecular weight excluding hydrogens is 328 g/mol. The van der Waals surface area contributed by atoms with Crippen molar-refractivity contribution >= 4 is 17.5 Å². The van der Waals surface area contributed by atoms with E-state index in [1.54, 1.807) is 24.3 Å². The minimum atomic E-state index is -0.165. The lowest BCUT2D eigenvalue weighted by Crippen LogP contribution is -2.32. The van der Waals surface area contributed by atoms with Crippen LogP contribution in [0.25, 0.3) is 0 Å². The van der Waals surface area contributed by atoms with Crippen molar-refractivity contribution in [1.82, 2.24) is 4.90 Å². The molecule has 26 heavy (non-hydrogen) atoms. The molecular formula is C21H24N2O3. The maximum absolute atomic E-state index is 12.5. The topological polar surface area (TPSA) is 58.6 Å². The first-order valence-corrected chi connectivity index (χ1v) is 8.91. The van der Waals surface area contributed by atoms with Gasteiger partial charge in [-0.1, -0.05) is 23.3 Å². The molecule has 1 N–H and O–H groups in total. The molecule has 0 spiro atoms. The van der Waals surface area contributed by atoms with E-state index in [1.807, 2.05) is 36.9 Å². The van der Waals surface area contributed by atoms with Gasteiger partial charge < -0.3 is 15.0 Å². The molecule has 0 aliphatic carbocycles. The Hall–Kier alpha value is -2.82. The van der Waals surface area contributed by atoms with Crippen LogP contribution >= 0.6 is 0 Å². The molecule has 1 aliphatic rings. The van der Waals surface area contributed by atoms with Crippen LogP contribution in [-0.4, -0.2) is 36.4 Å². The Morgan fingerprint density at radius 1 is 1.04 bits per heavy atom. The molecule has 1 heterocycles. The average Bonchev–Trinajstić information content (AvgIpc) is 3.14. The largest absolute Gasteiger partial charge is 0.484 e. The number of amides is 2. The van der Waals surface area contributed by atoms with Gasteiger partial charge in [0.2, 0.25) is 0 Å². The molecule has 0 saturated carbocycles. The van der Waals surface area contributed by atoms with Gasteiger partial charge >= 0.3 is 0 Å². The molecule has 136 valence electrons. The number of rotatable bonds is 5. The highest BCUT2D eigenvalue weighted by molar-refractivity contribution is 6.04. The van der Waals surface area contributed by atoms with E-state index in [2.05, 4.69) is 5.32 Å². The fourth-order valence-electron chi connectivity index (χ4n) is 3.18. The molecule has 0 aromatic heterocycles. The van der Waals surface area contributed by atoms with Crippen LogP contribution in [0, 0.1) is 13.8 Å². The maximum Gasteiger partial charge on any atom is 0.260 e. The third-order valence-corrected chi connectivity index (χ3v) is 4.40. The lowest BCUT2D eigenvalue weighted by Gasteiger charge is -2.15. The van der Waals surface area contributed by atoms with E-state index >= 15 is 0 Å². The van der Waals surface area contributed by atoms with Gasteiger partial charge in [-0.15, -0.1) is 0 Å². The molecule has 1 aliphatic heterocycles. The summed E-state index contributed by atoms with van der Waals surface area (Å²) in [7, 11) is 0. The highest BCUT2D eigenvalue weighted by Gasteiger charge is 2.18. The summed E-state index contributed by atoms with van der Waals surface area (Å²) < 4.78 is 5.60. The predicted molar refractivity (Wildman–Crippen MR) is 102 cm³/mol. The Labute approximate surface area is 154 Å². The number of carbonyl (C=O) groups excluding carboxylic acids is 2. The molecule has 5 nitrogen and oxygen atoms in total. The molecule has 2 aromatic rings. The van der Waals surface area contributed by atoms with Crippen LogP contribution in [0.15, 0.2) is 42.5 Å². The van der Waals surface area contributed by atoms with Crippen molar-refractivity contribution < 1.29 is 14.3 Å². The van der Waals surface area contributed by atoms with Crippen molar-refractivity contribution in [2.24, 2.45) is 0 Å². The number of aryl methyl sites for hydroxylation is 2. The zero-order valence-corrected chi connectivity index (χ0v) is 15.2. The molecule has 0 radical (unpaired) electrons. The molecule has 5 heteroatoms. The first-order chi connectivity index (χ1) is 12.5. The number of anilines is 1. The second-order valence-corrected chi connectivity index (χ2v) is 6.73. The Morgan fingerprint density at radius 3 is 2.42 bits per heavy atom. The molecule has 2 amide bonds. The van der Waals surface area contributed by atoms with Crippen molar-refractivity contribution in [3.05, 3.63) is 59.2 Å². The summed E-state index contributed by atoms with van der Waals surface area (Å²) in [6, 6.07) is 12.9. The Bertz CT molecular complexity index is 790. The maximum atomic E-state index is 12.5. The average molecular weight is 352 g/mol. The second kappa shape index (κ2) is 8.04. The van der Waals surface area contributed by atoms with Crippen LogP contribution in [0.5, 0.6) is 5.75 Å². The van der Waals surface area contributed by atoms with E-state index in [1.165, 1.54) is 0 Å². The molecule has 1 fully saturated rings. The third-order valence-electron chi connectivity index (χ3n) is 4.40. The van der Waals surface area contributed by atoms with Gasteiger partial charge in [0, 0.05) is 30.4 Å². The van der Waals surface area contributed by atoms with Crippen molar-refractivity contribution in [2.75, 3.05) is 25.0 Å². The summed E-state index contributed by atoms with van der Waals surface area (Å²) in [5.41, 5.74) is 3.36. The van der Waals surface area contributed by atoms with Crippen molar-refractivity contribution in [3.8, 4) is 5.75 Å². The quantitative estimate of drug-likeness (QED) is 0.895. The minimum absolute atomic E-state index is 0.00664. The summed E-state index contributed by atoms with van der Waals surface area (Å²) in [5, 5.41) is 2.88. The van der Waals surface area contributed by atoms with E-state index in [4.69, 9.17) is 4.74 Å². The van der Waals surface area contributed by atoms with E-state index in [-0.39, 0.29) is 18.4 Å². The van der Waals surface area contributed by atoms with Crippen molar-refractivity contribution in [1.29, 1.82) is 0 Å². The summed E-state index contributed by atoms with van der Waals surface area (Å²) in [6.45, 7) is 5.59. The van der Waals surface area contributed by atoms with Gasteiger partial charge in [-0.05, 0) is 51.0 Å². The van der Waals surface area contributed by atoms with Gasteiger partial charge in [-0.3, -0.25) is 9.59 Å². The van der Waals surface area contributed by atoms with Crippen LogP contribution in [0.3, 0.4) is 0 Å². The van der Waals surface area contributed by atoms with Crippen LogP contribution in [0.2, 0.25) is 0 Å². The van der Waals surface area contributed by atoms with Gasteiger partial charge in [0.1, 0.15) is 5.75 Å². The zero-order chi connectivity index (χ0) is 18.5. The zero-order valence-electron chi connectivity index (χ0n) is 15.2. The second-order valence-electron chi connectivity index (χ2n) is 6.73. The first-order valence-electron chi connectivity index (χ1n) is 8.91. The first kappa shape index (κ1) is 18.0. The lowest BCUT2D eigenvalue weighted by atomic mass is 10.1. The number of benzene rings is 2. The van der Waals surface area contributed by atoms with E-state index in [9.17, 15) is 9.59 Å². The summed E-state index contributed by atoms with van der Waals surface area (Å²) in [6.07, 6.45) is 2.12. The number of carbonyl (C=O) groups is 2. The molecule has 3 rings (SSSR count). The number of hydrogen-bond donors (Lipinski definition) is 1. The summed E-state index contributed by atoms with van der Waals surface area (Å²) in [4.78, 5) is 26.3. The number of ether oxygens (including phenoxy) is 1. The van der Waals surface area contributed by atoms with E-state index in [0.29, 0.717) is 17.0 Å². The molecule has 1 saturated heterocycles. The van der Waals surface area contributed by atoms with Crippen molar-refractivity contribution in [3.63, 3.8) is 0 Å². The number of nitrogens with zero attached hydrogens (tertiary/aromatic N) is 1. The number of likely N-dealkylation sites (tertiary alicyclic amines) is 1. The smallest absolute Gasteiger partial charge is 0.260 e. The van der Waals surface area contributed by atoms with Crippen LogP contribution < -0.4 is 10.1 Å². The molecule has 0 bridgehead atoms. The number of hydrogen-bond acceptors (Lipinski definition) is 3. The lowest BCUT2D eigenvalue weighted by molar-refractivity contribution is -0.132. The van der Waals surface area contributed by atoms with Gasteiger partial charge in [-0.25, -0.2) is 0 Å².